The summed E-state index contributed by atoms with van der Waals surface area (Å²) in [6, 6.07) is 10.5. The zero-order valence-electron chi connectivity index (χ0n) is 19.2. The van der Waals surface area contributed by atoms with Crippen molar-refractivity contribution in [3.63, 3.8) is 0 Å². The van der Waals surface area contributed by atoms with E-state index in [9.17, 15) is 9.59 Å². The van der Waals surface area contributed by atoms with Gasteiger partial charge in [0.2, 0.25) is 0 Å². The highest BCUT2D eigenvalue weighted by Gasteiger charge is 2.34. The smallest absolute Gasteiger partial charge is 0.341 e. The maximum Gasteiger partial charge on any atom is 0.341 e. The van der Waals surface area contributed by atoms with Gasteiger partial charge in [0.15, 0.2) is 23.3 Å². The summed E-state index contributed by atoms with van der Waals surface area (Å²) in [6.07, 6.45) is 1.70. The molecule has 10 heteroatoms. The number of carboxylic acids is 1. The van der Waals surface area contributed by atoms with Crippen molar-refractivity contribution in [1.82, 2.24) is 4.90 Å². The minimum absolute atomic E-state index is 0.127. The van der Waals surface area contributed by atoms with Crippen molar-refractivity contribution < 1.29 is 28.9 Å². The van der Waals surface area contributed by atoms with E-state index >= 15 is 0 Å². The van der Waals surface area contributed by atoms with Crippen LogP contribution in [0.1, 0.15) is 19.4 Å². The zero-order valence-corrected chi connectivity index (χ0v) is 20.8. The van der Waals surface area contributed by atoms with Crippen molar-refractivity contribution >= 4 is 52.2 Å². The molecular formula is C24H25ClN2O6S. The standard InChI is InChI=1S/C24H25ClN2O6S/c1-14(2)12-27-23(30)20(34-24(27)26-16-5-7-17(31-3)8-6-16)11-15-9-18(25)22(19(10-15)32-4)33-13-21(28)29/h5-11,14H,12-13H2,1-4H3,(H,28,29). The Kier molecular flexibility index (Phi) is 8.46. The highest BCUT2D eigenvalue weighted by molar-refractivity contribution is 8.18. The Morgan fingerprint density at radius 3 is 2.50 bits per heavy atom. The van der Waals surface area contributed by atoms with Crippen LogP contribution in [0.4, 0.5) is 5.69 Å². The third-order valence-electron chi connectivity index (χ3n) is 4.62. The number of hydrogen-bond acceptors (Lipinski definition) is 7. The summed E-state index contributed by atoms with van der Waals surface area (Å²) in [7, 11) is 3.02. The lowest BCUT2D eigenvalue weighted by atomic mass is 10.1. The van der Waals surface area contributed by atoms with E-state index in [1.807, 2.05) is 38.1 Å². The van der Waals surface area contributed by atoms with Crippen LogP contribution >= 0.6 is 23.4 Å². The van der Waals surface area contributed by atoms with Gasteiger partial charge in [0.05, 0.1) is 29.8 Å². The summed E-state index contributed by atoms with van der Waals surface area (Å²) >= 11 is 7.58. The van der Waals surface area contributed by atoms with E-state index in [2.05, 4.69) is 4.99 Å². The molecule has 1 amide bonds. The molecule has 8 nitrogen and oxygen atoms in total. The molecule has 0 atom stereocenters. The van der Waals surface area contributed by atoms with Gasteiger partial charge >= 0.3 is 5.97 Å². The molecule has 34 heavy (non-hydrogen) atoms. The lowest BCUT2D eigenvalue weighted by molar-refractivity contribution is -0.139. The van der Waals surface area contributed by atoms with E-state index < -0.39 is 12.6 Å². The fourth-order valence-corrected chi connectivity index (χ4v) is 4.41. The number of aliphatic imine (C=N–C) groups is 1. The van der Waals surface area contributed by atoms with E-state index in [0.29, 0.717) is 27.9 Å². The molecule has 2 aromatic carbocycles. The second-order valence-corrected chi connectivity index (χ2v) is 9.15. The number of carboxylic acid groups (broad SMARTS) is 1. The predicted octanol–water partition coefficient (Wildman–Crippen LogP) is 5.08. The van der Waals surface area contributed by atoms with Crippen molar-refractivity contribution in [2.75, 3.05) is 27.4 Å². The number of amidine groups is 1. The van der Waals surface area contributed by atoms with E-state index in [1.54, 1.807) is 30.2 Å². The molecule has 1 fully saturated rings. The van der Waals surface area contributed by atoms with Gasteiger partial charge in [0, 0.05) is 6.54 Å². The van der Waals surface area contributed by atoms with Gasteiger partial charge in [-0.2, -0.15) is 0 Å². The first kappa shape index (κ1) is 25.5. The lowest BCUT2D eigenvalue weighted by Crippen LogP contribution is -2.32. The molecular weight excluding hydrogens is 480 g/mol. The molecule has 0 radical (unpaired) electrons. The molecule has 1 heterocycles. The van der Waals surface area contributed by atoms with Crippen molar-refractivity contribution in [2.45, 2.75) is 13.8 Å². The van der Waals surface area contributed by atoms with Crippen LogP contribution in [-0.2, 0) is 9.59 Å². The molecule has 0 saturated carbocycles. The molecule has 2 aromatic rings. The Labute approximate surface area is 207 Å². The van der Waals surface area contributed by atoms with Crippen molar-refractivity contribution in [1.29, 1.82) is 0 Å². The van der Waals surface area contributed by atoms with E-state index in [4.69, 9.17) is 30.9 Å². The Morgan fingerprint density at radius 2 is 1.91 bits per heavy atom. The summed E-state index contributed by atoms with van der Waals surface area (Å²) in [5.74, 6) is 0.0634. The largest absolute Gasteiger partial charge is 0.497 e. The minimum Gasteiger partial charge on any atom is -0.497 e. The summed E-state index contributed by atoms with van der Waals surface area (Å²) in [5, 5.41) is 9.62. The number of ether oxygens (including phenoxy) is 3. The molecule has 1 aliphatic rings. The van der Waals surface area contributed by atoms with Gasteiger partial charge in [-0.1, -0.05) is 25.4 Å². The number of methoxy groups -OCH3 is 2. The maximum atomic E-state index is 13.2. The number of nitrogens with zero attached hydrogens (tertiary/aromatic N) is 2. The van der Waals surface area contributed by atoms with Crippen LogP contribution in [0, 0.1) is 5.92 Å². The minimum atomic E-state index is -1.13. The third-order valence-corrected chi connectivity index (χ3v) is 5.91. The summed E-state index contributed by atoms with van der Waals surface area (Å²) in [5.41, 5.74) is 1.31. The fraction of sp³-hybridized carbons (Fsp3) is 0.292. The van der Waals surface area contributed by atoms with Crippen molar-refractivity contribution in [3.05, 3.63) is 51.9 Å². The first-order chi connectivity index (χ1) is 16.2. The van der Waals surface area contributed by atoms with Gasteiger partial charge in [-0.3, -0.25) is 9.69 Å². The Morgan fingerprint density at radius 1 is 1.21 bits per heavy atom. The van der Waals surface area contributed by atoms with Gasteiger partial charge in [-0.05, 0) is 65.7 Å². The lowest BCUT2D eigenvalue weighted by Gasteiger charge is -2.17. The van der Waals surface area contributed by atoms with Gasteiger partial charge in [-0.25, -0.2) is 9.79 Å². The van der Waals surface area contributed by atoms with Gasteiger partial charge < -0.3 is 19.3 Å². The average molecular weight is 505 g/mol. The second-order valence-electron chi connectivity index (χ2n) is 7.73. The average Bonchev–Trinajstić information content (AvgIpc) is 3.06. The first-order valence-corrected chi connectivity index (χ1v) is 11.6. The van der Waals surface area contributed by atoms with E-state index in [0.717, 1.165) is 5.75 Å². The van der Waals surface area contributed by atoms with Crippen LogP contribution < -0.4 is 14.2 Å². The van der Waals surface area contributed by atoms with Crippen LogP contribution in [0.5, 0.6) is 17.2 Å². The molecule has 3 rings (SSSR count). The number of rotatable bonds is 9. The Hall–Kier alpha value is -3.17. The maximum absolute atomic E-state index is 13.2. The number of aliphatic carboxylic acids is 1. The van der Waals surface area contributed by atoms with Crippen LogP contribution in [0.15, 0.2) is 46.3 Å². The van der Waals surface area contributed by atoms with Crippen LogP contribution in [0.3, 0.4) is 0 Å². The van der Waals surface area contributed by atoms with E-state index in [-0.39, 0.29) is 28.3 Å². The summed E-state index contributed by atoms with van der Waals surface area (Å²) in [6.45, 7) is 4.03. The SMILES string of the molecule is COc1ccc(N=C2SC(=Cc3cc(Cl)c(OCC(=O)O)c(OC)c3)C(=O)N2CC(C)C)cc1. The highest BCUT2D eigenvalue weighted by atomic mass is 35.5. The number of carbonyl (C=O) groups is 2. The van der Waals surface area contributed by atoms with Crippen LogP contribution in [-0.4, -0.2) is 54.4 Å². The predicted molar refractivity (Wildman–Crippen MR) is 133 cm³/mol. The number of halogens is 1. The molecule has 0 bridgehead atoms. The Balaban J connectivity index is 1.94. The van der Waals surface area contributed by atoms with E-state index in [1.165, 1.54) is 18.9 Å². The quantitative estimate of drug-likeness (QED) is 0.475. The number of amides is 1. The van der Waals surface area contributed by atoms with Crippen LogP contribution in [0.2, 0.25) is 5.02 Å². The topological polar surface area (TPSA) is 97.7 Å². The normalized spacial score (nSPS) is 15.9. The highest BCUT2D eigenvalue weighted by Crippen LogP contribution is 2.39. The summed E-state index contributed by atoms with van der Waals surface area (Å²) in [4.78, 5) is 30.9. The second kappa shape index (κ2) is 11.3. The zero-order chi connectivity index (χ0) is 24.8. The first-order valence-electron chi connectivity index (χ1n) is 10.4. The molecule has 1 aliphatic heterocycles. The molecule has 0 aliphatic carbocycles. The third kappa shape index (κ3) is 6.24. The molecule has 0 spiro atoms. The van der Waals surface area contributed by atoms with Gasteiger partial charge in [0.25, 0.3) is 5.91 Å². The number of hydrogen-bond donors (Lipinski definition) is 1. The van der Waals surface area contributed by atoms with Crippen LogP contribution in [0.25, 0.3) is 6.08 Å². The molecule has 0 unspecified atom stereocenters. The monoisotopic (exact) mass is 504 g/mol. The fourth-order valence-electron chi connectivity index (χ4n) is 3.13. The Bertz CT molecular complexity index is 1130. The number of benzene rings is 2. The van der Waals surface area contributed by atoms with Crippen molar-refractivity contribution in [2.24, 2.45) is 10.9 Å². The van der Waals surface area contributed by atoms with Crippen molar-refractivity contribution in [3.8, 4) is 17.2 Å². The molecule has 1 saturated heterocycles. The number of thioether (sulfide) groups is 1. The van der Waals surface area contributed by atoms with Gasteiger partial charge in [0.1, 0.15) is 5.75 Å². The number of carbonyl (C=O) groups excluding carboxylic acids is 1. The summed E-state index contributed by atoms with van der Waals surface area (Å²) < 4.78 is 15.7. The van der Waals surface area contributed by atoms with Gasteiger partial charge in [-0.15, -0.1) is 0 Å². The molecule has 0 aromatic heterocycles. The molecule has 180 valence electrons. The molecule has 1 N–H and O–H groups in total.